The molecule has 0 saturated carbocycles. The summed E-state index contributed by atoms with van der Waals surface area (Å²) in [5, 5.41) is 0. The van der Waals surface area contributed by atoms with Gasteiger partial charge in [0.2, 0.25) is 5.88 Å². The van der Waals surface area contributed by atoms with Crippen LogP contribution in [0, 0.1) is 0 Å². The predicted molar refractivity (Wildman–Crippen MR) is 66.2 cm³/mol. The lowest BCUT2D eigenvalue weighted by Gasteiger charge is -2.07. The van der Waals surface area contributed by atoms with Crippen LogP contribution in [0.3, 0.4) is 0 Å². The molecule has 4 heteroatoms. The average molecular weight is 329 g/mol. The molecule has 0 aliphatic rings. The number of halogens is 2. The highest BCUT2D eigenvalue weighted by molar-refractivity contribution is 9.13. The van der Waals surface area contributed by atoms with Crippen molar-refractivity contribution in [3.8, 4) is 11.6 Å². The fraction of sp³-hybridized carbons (Fsp3) is 0. The minimum Gasteiger partial charge on any atom is -0.438 e. The zero-order valence-corrected chi connectivity index (χ0v) is 10.8. The number of nitrogens with zero attached hydrogens (tertiary/aromatic N) is 1. The van der Waals surface area contributed by atoms with E-state index < -0.39 is 0 Å². The van der Waals surface area contributed by atoms with Gasteiger partial charge in [0, 0.05) is 16.7 Å². The third kappa shape index (κ3) is 2.58. The Hall–Kier alpha value is -0.870. The molecule has 2 nitrogen and oxygen atoms in total. The van der Waals surface area contributed by atoms with Crippen LogP contribution in [0.15, 0.2) is 51.5 Å². The summed E-state index contributed by atoms with van der Waals surface area (Å²) in [7, 11) is 0. The molecule has 76 valence electrons. The van der Waals surface area contributed by atoms with Crippen LogP contribution in [0.5, 0.6) is 11.6 Å². The van der Waals surface area contributed by atoms with Crippen LogP contribution in [0.4, 0.5) is 0 Å². The monoisotopic (exact) mass is 327 g/mol. The van der Waals surface area contributed by atoms with Gasteiger partial charge in [0.15, 0.2) is 0 Å². The molecule has 2 rings (SSSR count). The molecule has 0 aliphatic heterocycles. The van der Waals surface area contributed by atoms with E-state index >= 15 is 0 Å². The second-order valence-electron chi connectivity index (χ2n) is 2.82. The third-order valence-corrected chi connectivity index (χ3v) is 3.78. The smallest absolute Gasteiger partial charge is 0.219 e. The standard InChI is InChI=1S/C11H7Br2NO/c12-8-4-3-5-9(11(8)13)15-10-6-1-2-7-14-10/h1-7H. The van der Waals surface area contributed by atoms with Crippen LogP contribution < -0.4 is 4.74 Å². The molecule has 0 N–H and O–H groups in total. The van der Waals surface area contributed by atoms with E-state index in [-0.39, 0.29) is 0 Å². The van der Waals surface area contributed by atoms with E-state index in [9.17, 15) is 0 Å². The molecular formula is C11H7Br2NO. The molecule has 0 saturated heterocycles. The Balaban J connectivity index is 2.29. The van der Waals surface area contributed by atoms with Gasteiger partial charge < -0.3 is 4.74 Å². The fourth-order valence-corrected chi connectivity index (χ4v) is 1.78. The van der Waals surface area contributed by atoms with Crippen LogP contribution >= 0.6 is 31.9 Å². The Bertz CT molecular complexity index is 459. The second-order valence-corrected chi connectivity index (χ2v) is 4.47. The van der Waals surface area contributed by atoms with E-state index in [1.165, 1.54) is 0 Å². The van der Waals surface area contributed by atoms with Crippen LogP contribution in [0.1, 0.15) is 0 Å². The largest absolute Gasteiger partial charge is 0.438 e. The summed E-state index contributed by atoms with van der Waals surface area (Å²) in [4.78, 5) is 4.09. The molecule has 0 aliphatic carbocycles. The van der Waals surface area contributed by atoms with Gasteiger partial charge in [-0.2, -0.15) is 0 Å². The minimum absolute atomic E-state index is 0.580. The first-order chi connectivity index (χ1) is 7.27. The summed E-state index contributed by atoms with van der Waals surface area (Å²) < 4.78 is 7.44. The number of ether oxygens (including phenoxy) is 1. The maximum absolute atomic E-state index is 5.60. The summed E-state index contributed by atoms with van der Waals surface area (Å²) in [5.74, 6) is 1.32. The molecule has 1 heterocycles. The van der Waals surface area contributed by atoms with Crippen molar-refractivity contribution in [3.05, 3.63) is 51.5 Å². The van der Waals surface area contributed by atoms with E-state index in [1.54, 1.807) is 6.20 Å². The van der Waals surface area contributed by atoms with Crippen molar-refractivity contribution in [3.63, 3.8) is 0 Å². The normalized spacial score (nSPS) is 10.0. The summed E-state index contributed by atoms with van der Waals surface area (Å²) in [6, 6.07) is 11.3. The van der Waals surface area contributed by atoms with E-state index in [1.807, 2.05) is 36.4 Å². The van der Waals surface area contributed by atoms with Crippen molar-refractivity contribution < 1.29 is 4.74 Å². The number of benzene rings is 1. The molecule has 1 aromatic heterocycles. The van der Waals surface area contributed by atoms with Crippen molar-refractivity contribution in [1.82, 2.24) is 4.98 Å². The molecule has 0 atom stereocenters. The molecule has 15 heavy (non-hydrogen) atoms. The summed E-state index contributed by atoms with van der Waals surface area (Å²) in [5.41, 5.74) is 0. The Morgan fingerprint density at radius 1 is 1.00 bits per heavy atom. The molecule has 2 aromatic rings. The van der Waals surface area contributed by atoms with Crippen LogP contribution in [0.2, 0.25) is 0 Å². The lowest BCUT2D eigenvalue weighted by molar-refractivity contribution is 0.460. The molecule has 1 aromatic carbocycles. The van der Waals surface area contributed by atoms with Gasteiger partial charge in [-0.25, -0.2) is 4.98 Å². The third-order valence-electron chi connectivity index (χ3n) is 1.77. The molecule has 0 spiro atoms. The maximum Gasteiger partial charge on any atom is 0.219 e. The lowest BCUT2D eigenvalue weighted by atomic mass is 10.3. The van der Waals surface area contributed by atoms with Crippen molar-refractivity contribution in [1.29, 1.82) is 0 Å². The topological polar surface area (TPSA) is 22.1 Å². The highest BCUT2D eigenvalue weighted by Crippen LogP contribution is 2.34. The van der Waals surface area contributed by atoms with Crippen molar-refractivity contribution in [2.75, 3.05) is 0 Å². The molecule has 0 bridgehead atoms. The van der Waals surface area contributed by atoms with Crippen molar-refractivity contribution in [2.45, 2.75) is 0 Å². The van der Waals surface area contributed by atoms with E-state index in [4.69, 9.17) is 4.74 Å². The minimum atomic E-state index is 0.580. The van der Waals surface area contributed by atoms with Crippen LogP contribution in [0.25, 0.3) is 0 Å². The van der Waals surface area contributed by atoms with Crippen LogP contribution in [-0.2, 0) is 0 Å². The number of hydrogen-bond acceptors (Lipinski definition) is 2. The van der Waals surface area contributed by atoms with Gasteiger partial charge in [0.25, 0.3) is 0 Å². The Morgan fingerprint density at radius 3 is 2.60 bits per heavy atom. The number of rotatable bonds is 2. The summed E-state index contributed by atoms with van der Waals surface area (Å²) >= 11 is 6.85. The molecule has 0 radical (unpaired) electrons. The van der Waals surface area contributed by atoms with Gasteiger partial charge in [0.05, 0.1) is 4.47 Å². The second kappa shape index (κ2) is 4.77. The van der Waals surface area contributed by atoms with Gasteiger partial charge in [-0.15, -0.1) is 0 Å². The number of aromatic nitrogens is 1. The SMILES string of the molecule is Brc1cccc(Oc2ccccn2)c1Br. The first-order valence-electron chi connectivity index (χ1n) is 4.30. The number of hydrogen-bond donors (Lipinski definition) is 0. The summed E-state index contributed by atoms with van der Waals surface area (Å²) in [6.07, 6.45) is 1.70. The van der Waals surface area contributed by atoms with Gasteiger partial charge in [-0.1, -0.05) is 12.1 Å². The van der Waals surface area contributed by atoms with E-state index in [2.05, 4.69) is 36.8 Å². The van der Waals surface area contributed by atoms with Crippen LogP contribution in [-0.4, -0.2) is 4.98 Å². The van der Waals surface area contributed by atoms with Gasteiger partial charge >= 0.3 is 0 Å². The van der Waals surface area contributed by atoms with Gasteiger partial charge in [0.1, 0.15) is 5.75 Å². The molecule has 0 amide bonds. The zero-order valence-electron chi connectivity index (χ0n) is 7.65. The zero-order chi connectivity index (χ0) is 10.7. The summed E-state index contributed by atoms with van der Waals surface area (Å²) in [6.45, 7) is 0. The lowest BCUT2D eigenvalue weighted by Crippen LogP contribution is -1.87. The molecular weight excluding hydrogens is 322 g/mol. The highest BCUT2D eigenvalue weighted by Gasteiger charge is 2.05. The molecule has 0 unspecified atom stereocenters. The first-order valence-corrected chi connectivity index (χ1v) is 5.89. The maximum atomic E-state index is 5.60. The Labute approximate surface area is 105 Å². The highest BCUT2D eigenvalue weighted by atomic mass is 79.9. The van der Waals surface area contributed by atoms with Gasteiger partial charge in [-0.05, 0) is 50.1 Å². The van der Waals surface area contributed by atoms with E-state index in [0.717, 1.165) is 14.7 Å². The fourth-order valence-electron chi connectivity index (χ4n) is 1.08. The average Bonchev–Trinajstić information content (AvgIpc) is 2.26. The quantitative estimate of drug-likeness (QED) is 0.815. The first kappa shape index (κ1) is 10.6. The Kier molecular flexibility index (Phi) is 3.38. The van der Waals surface area contributed by atoms with Crippen molar-refractivity contribution >= 4 is 31.9 Å². The van der Waals surface area contributed by atoms with Crippen molar-refractivity contribution in [2.24, 2.45) is 0 Å². The van der Waals surface area contributed by atoms with Gasteiger partial charge in [-0.3, -0.25) is 0 Å². The molecule has 0 fully saturated rings. The number of pyridine rings is 1. The van der Waals surface area contributed by atoms with E-state index in [0.29, 0.717) is 5.88 Å². The Morgan fingerprint density at radius 2 is 1.87 bits per heavy atom. The predicted octanol–water partition coefficient (Wildman–Crippen LogP) is 4.40.